The Hall–Kier alpha value is -4.72. The highest BCUT2D eigenvalue weighted by Gasteiger charge is 2.53. The number of fused-ring (bicyclic) bond motifs is 11. The maximum Gasteiger partial charge on any atom is 0.271 e. The van der Waals surface area contributed by atoms with Gasteiger partial charge in [0.25, 0.3) is 11.4 Å². The number of hydrogen-bond donors (Lipinski definition) is 0. The molecule has 0 radical (unpaired) electrons. The predicted molar refractivity (Wildman–Crippen MR) is 194 cm³/mol. The Bertz CT molecular complexity index is 2140. The van der Waals surface area contributed by atoms with Gasteiger partial charge in [0, 0.05) is 47.2 Å². The van der Waals surface area contributed by atoms with Gasteiger partial charge >= 0.3 is 0 Å². The van der Waals surface area contributed by atoms with Gasteiger partial charge in [0.2, 0.25) is 0 Å². The van der Waals surface area contributed by atoms with Crippen molar-refractivity contribution < 1.29 is 0 Å². The molecule has 3 aliphatic rings. The van der Waals surface area contributed by atoms with Crippen molar-refractivity contribution in [3.63, 3.8) is 0 Å². The van der Waals surface area contributed by atoms with Crippen molar-refractivity contribution in [2.24, 2.45) is 11.8 Å². The summed E-state index contributed by atoms with van der Waals surface area (Å²) in [6, 6.07) is 13.3. The molecule has 7 rings (SSSR count). The molecule has 0 saturated heterocycles. The van der Waals surface area contributed by atoms with Gasteiger partial charge in [0.1, 0.15) is 0 Å². The molecule has 0 spiro atoms. The summed E-state index contributed by atoms with van der Waals surface area (Å²) in [7, 11) is 0. The van der Waals surface area contributed by atoms with Crippen molar-refractivity contribution in [2.75, 3.05) is 0 Å². The normalized spacial score (nSPS) is 16.4. The van der Waals surface area contributed by atoms with Gasteiger partial charge in [0.05, 0.1) is 25.3 Å². The van der Waals surface area contributed by atoms with E-state index in [4.69, 9.17) is 13.1 Å². The zero-order valence-electron chi connectivity index (χ0n) is 28.0. The van der Waals surface area contributed by atoms with E-state index in [1.807, 2.05) is 0 Å². The summed E-state index contributed by atoms with van der Waals surface area (Å²) in [6.45, 7) is 33.6. The summed E-state index contributed by atoms with van der Waals surface area (Å²) >= 11 is 3.45. The molecule has 2 aromatic carbocycles. The third-order valence-electron chi connectivity index (χ3n) is 10.2. The molecule has 4 nitrogen and oxygen atoms in total. The summed E-state index contributed by atoms with van der Waals surface area (Å²) in [5.74, 6) is 0.779. The first kappa shape index (κ1) is 30.9. The van der Waals surface area contributed by atoms with Crippen LogP contribution >= 0.6 is 22.7 Å². The highest BCUT2D eigenvalue weighted by Crippen LogP contribution is 2.70. The van der Waals surface area contributed by atoms with Crippen LogP contribution in [0.15, 0.2) is 35.7 Å². The van der Waals surface area contributed by atoms with Gasteiger partial charge < -0.3 is 0 Å². The van der Waals surface area contributed by atoms with Gasteiger partial charge in [-0.1, -0.05) is 52.0 Å². The number of aryl methyl sites for hydroxylation is 4. The van der Waals surface area contributed by atoms with E-state index in [2.05, 4.69) is 101 Å². The summed E-state index contributed by atoms with van der Waals surface area (Å²) < 4.78 is 0. The average molecular weight is 647 g/mol. The van der Waals surface area contributed by atoms with Crippen LogP contribution in [0.4, 0.5) is 0 Å². The highest BCUT2D eigenvalue weighted by molar-refractivity contribution is 7.24. The maximum atomic E-state index is 10.2. The van der Waals surface area contributed by atoms with Crippen molar-refractivity contribution in [1.29, 1.82) is 10.5 Å². The van der Waals surface area contributed by atoms with Crippen LogP contribution in [0.2, 0.25) is 0 Å². The molecule has 3 aliphatic carbocycles. The monoisotopic (exact) mass is 646 g/mol. The van der Waals surface area contributed by atoms with Crippen molar-refractivity contribution in [3.8, 4) is 44.1 Å². The second-order valence-corrected chi connectivity index (χ2v) is 16.2. The van der Waals surface area contributed by atoms with Crippen LogP contribution in [0.25, 0.3) is 52.8 Å². The molecular weight excluding hydrogens is 613 g/mol. The molecule has 4 aromatic rings. The van der Waals surface area contributed by atoms with Crippen LogP contribution in [0.5, 0.6) is 0 Å². The van der Waals surface area contributed by atoms with Crippen molar-refractivity contribution in [2.45, 2.75) is 73.6 Å². The first-order chi connectivity index (χ1) is 22.4. The fourth-order valence-corrected chi connectivity index (χ4v) is 11.5. The van der Waals surface area contributed by atoms with Gasteiger partial charge in [0.15, 0.2) is 0 Å². The van der Waals surface area contributed by atoms with Crippen LogP contribution in [-0.4, -0.2) is 0 Å². The molecule has 0 unspecified atom stereocenters. The quantitative estimate of drug-likeness (QED) is 0.141. The average Bonchev–Trinajstić information content (AvgIpc) is 3.76. The minimum absolute atomic E-state index is 0.140. The van der Waals surface area contributed by atoms with Crippen molar-refractivity contribution >= 4 is 33.8 Å². The SMILES string of the molecule is [C-]#[N+]/C(C#N)=C1/c2cc(C)c(C)cc2-c2c1sc1c2C(CC(C)C)(CC(C)C)c2c-1sc1c2-c2cc(C)c(C)cc2/C1=C(/C#N)[N+]#[C-]. The lowest BCUT2D eigenvalue weighted by Crippen LogP contribution is -2.30. The number of rotatable bonds is 4. The van der Waals surface area contributed by atoms with Gasteiger partial charge in [-0.15, -0.1) is 22.7 Å². The molecule has 2 heterocycles. The highest BCUT2D eigenvalue weighted by atomic mass is 32.1. The Morgan fingerprint density at radius 1 is 0.638 bits per heavy atom. The van der Waals surface area contributed by atoms with E-state index in [9.17, 15) is 10.5 Å². The van der Waals surface area contributed by atoms with E-state index in [1.165, 1.54) is 43.1 Å². The van der Waals surface area contributed by atoms with Crippen LogP contribution in [0.1, 0.15) is 94.8 Å². The Morgan fingerprint density at radius 2 is 0.979 bits per heavy atom. The van der Waals surface area contributed by atoms with Crippen LogP contribution < -0.4 is 0 Å². The number of benzene rings is 2. The predicted octanol–water partition coefficient (Wildman–Crippen LogP) is 11.8. The Kier molecular flexibility index (Phi) is 7.01. The molecular formula is C41H34N4S2. The van der Waals surface area contributed by atoms with Gasteiger partial charge in [-0.2, -0.15) is 0 Å². The molecule has 0 amide bonds. The molecule has 0 saturated carbocycles. The summed E-state index contributed by atoms with van der Waals surface area (Å²) in [5, 5.41) is 20.4. The van der Waals surface area contributed by atoms with E-state index in [0.717, 1.165) is 67.1 Å². The van der Waals surface area contributed by atoms with Crippen molar-refractivity contribution in [3.05, 3.63) is 113 Å². The van der Waals surface area contributed by atoms with E-state index < -0.39 is 0 Å². The second-order valence-electron chi connectivity index (χ2n) is 14.2. The Morgan fingerprint density at radius 3 is 1.28 bits per heavy atom. The molecule has 230 valence electrons. The summed E-state index contributed by atoms with van der Waals surface area (Å²) in [6.07, 6.45) is 1.88. The zero-order chi connectivity index (χ0) is 33.7. The topological polar surface area (TPSA) is 56.3 Å². The van der Waals surface area contributed by atoms with Gasteiger partial charge in [-0.05, 0) is 108 Å². The first-order valence-electron chi connectivity index (χ1n) is 16.1. The molecule has 6 heteroatoms. The number of nitrogens with zero attached hydrogens (tertiary/aromatic N) is 4. The lowest BCUT2D eigenvalue weighted by Gasteiger charge is -2.36. The van der Waals surface area contributed by atoms with Gasteiger partial charge in [-0.25, -0.2) is 20.2 Å². The smallest absolute Gasteiger partial charge is 0.226 e. The lowest BCUT2D eigenvalue weighted by molar-refractivity contribution is 0.339. The molecule has 0 bridgehead atoms. The number of hydrogen-bond acceptors (Lipinski definition) is 4. The fraction of sp³-hybridized carbons (Fsp3) is 0.317. The second kappa shape index (κ2) is 10.7. The van der Waals surface area contributed by atoms with Crippen LogP contribution in [0.3, 0.4) is 0 Å². The number of nitriles is 2. The van der Waals surface area contributed by atoms with Gasteiger partial charge in [-0.3, -0.25) is 0 Å². The number of allylic oxidation sites excluding steroid dienone is 2. The Labute approximate surface area is 285 Å². The van der Waals surface area contributed by atoms with E-state index in [-0.39, 0.29) is 16.8 Å². The van der Waals surface area contributed by atoms with Crippen LogP contribution in [0, 0.1) is 75.3 Å². The van der Waals surface area contributed by atoms with E-state index >= 15 is 0 Å². The fourth-order valence-electron chi connectivity index (χ4n) is 8.42. The zero-order valence-corrected chi connectivity index (χ0v) is 29.6. The third-order valence-corrected chi connectivity index (χ3v) is 12.8. The third kappa shape index (κ3) is 4.06. The van der Waals surface area contributed by atoms with E-state index in [0.29, 0.717) is 11.8 Å². The first-order valence-corrected chi connectivity index (χ1v) is 17.7. The van der Waals surface area contributed by atoms with E-state index in [1.54, 1.807) is 22.7 Å². The molecule has 47 heavy (non-hydrogen) atoms. The molecule has 0 aliphatic heterocycles. The summed E-state index contributed by atoms with van der Waals surface area (Å²) in [5.41, 5.74) is 15.5. The number of thiophene rings is 2. The maximum absolute atomic E-state index is 10.2. The largest absolute Gasteiger partial charge is 0.271 e. The Balaban J connectivity index is 1.68. The van der Waals surface area contributed by atoms with Crippen LogP contribution in [-0.2, 0) is 5.41 Å². The molecule has 2 aromatic heterocycles. The minimum atomic E-state index is -0.325. The molecule has 0 atom stereocenters. The molecule has 0 fully saturated rings. The van der Waals surface area contributed by atoms with Crippen molar-refractivity contribution in [1.82, 2.24) is 0 Å². The minimum Gasteiger partial charge on any atom is -0.226 e. The standard InChI is InChI=1S/C41H34N4S2/c1-19(2)15-41(16-20(3)4)35-33-27-13-23(7)21(5)11-25(27)31(29(17-42)44-9)37(33)46-39(35)40-36(41)34-28-14-24(8)22(6)12-26(28)32(38(34)47-40)30(18-43)45-10/h11-14,19-20H,15-16H2,1-8H3/b31-29-,32-30+. The molecule has 0 N–H and O–H groups in total. The lowest BCUT2D eigenvalue weighted by atomic mass is 9.66. The summed E-state index contributed by atoms with van der Waals surface area (Å²) in [4.78, 5) is 12.0.